The average Bonchev–Trinajstić information content (AvgIpc) is 3.97. The maximum Gasteiger partial charge on any atom is 0.319 e. The Morgan fingerprint density at radius 1 is 1.02 bits per heavy atom. The van der Waals surface area contributed by atoms with Gasteiger partial charge in [0.05, 0.1) is 15.2 Å². The molecular formula is C36H40F3N7OS. The number of thiophene rings is 1. The van der Waals surface area contributed by atoms with Gasteiger partial charge in [0, 0.05) is 54.8 Å². The second-order valence-electron chi connectivity index (χ2n) is 15.2. The van der Waals surface area contributed by atoms with Gasteiger partial charge in [-0.3, -0.25) is 4.90 Å². The number of rotatable bonds is 7. The highest BCUT2D eigenvalue weighted by molar-refractivity contribution is 7.23. The van der Waals surface area contributed by atoms with Crippen molar-refractivity contribution in [2.45, 2.75) is 100 Å². The molecule has 12 heteroatoms. The van der Waals surface area contributed by atoms with E-state index in [0.29, 0.717) is 30.1 Å². The molecule has 2 bridgehead atoms. The van der Waals surface area contributed by atoms with E-state index in [2.05, 4.69) is 15.1 Å². The summed E-state index contributed by atoms with van der Waals surface area (Å²) in [5, 5.41) is 4.86. The minimum atomic E-state index is -0.879. The number of nitrogens with two attached hydrogens (primary N) is 1. The highest BCUT2D eigenvalue weighted by Crippen LogP contribution is 2.55. The summed E-state index contributed by atoms with van der Waals surface area (Å²) in [6.07, 6.45) is 7.61. The van der Waals surface area contributed by atoms with Crippen LogP contribution in [0.5, 0.6) is 6.01 Å². The van der Waals surface area contributed by atoms with Crippen LogP contribution in [0.4, 0.5) is 24.0 Å². The van der Waals surface area contributed by atoms with E-state index in [1.54, 1.807) is 0 Å². The Morgan fingerprint density at radius 3 is 2.52 bits per heavy atom. The van der Waals surface area contributed by atoms with Crippen molar-refractivity contribution in [2.75, 3.05) is 43.4 Å². The number of hydrogen-bond donors (Lipinski definition) is 2. The normalized spacial score (nSPS) is 28.7. The lowest BCUT2D eigenvalue weighted by atomic mass is 9.90. The first-order valence-corrected chi connectivity index (χ1v) is 18.5. The van der Waals surface area contributed by atoms with E-state index in [9.17, 15) is 4.39 Å². The Morgan fingerprint density at radius 2 is 1.77 bits per heavy atom. The number of anilines is 2. The van der Waals surface area contributed by atoms with Crippen molar-refractivity contribution in [1.29, 1.82) is 0 Å². The number of nitrogens with zero attached hydrogens (tertiary/aromatic N) is 5. The zero-order valence-electron chi connectivity index (χ0n) is 27.1. The van der Waals surface area contributed by atoms with Crippen LogP contribution in [0.15, 0.2) is 6.07 Å². The molecule has 0 amide bonds. The first-order valence-electron chi connectivity index (χ1n) is 17.7. The molecule has 2 unspecified atom stereocenters. The van der Waals surface area contributed by atoms with E-state index in [1.807, 2.05) is 6.92 Å². The number of piperazine rings is 1. The van der Waals surface area contributed by atoms with Gasteiger partial charge in [0.15, 0.2) is 17.5 Å². The maximum absolute atomic E-state index is 15.5. The molecule has 252 valence electrons. The zero-order chi connectivity index (χ0) is 32.5. The monoisotopic (exact) mass is 675 g/mol. The Bertz CT molecular complexity index is 1980. The molecule has 8 nitrogen and oxygen atoms in total. The molecule has 2 aliphatic carbocycles. The molecule has 2 saturated carbocycles. The van der Waals surface area contributed by atoms with E-state index in [-0.39, 0.29) is 40.2 Å². The number of fused-ring (bicyclic) bond motifs is 5. The fraction of sp³-hybridized carbons (Fsp3) is 0.583. The molecule has 4 aliphatic heterocycles. The van der Waals surface area contributed by atoms with Crippen LogP contribution in [0.2, 0.25) is 0 Å². The fourth-order valence-electron chi connectivity index (χ4n) is 9.61. The maximum atomic E-state index is 15.5. The van der Waals surface area contributed by atoms with Crippen LogP contribution in [0.3, 0.4) is 0 Å². The highest BCUT2D eigenvalue weighted by Gasteiger charge is 2.50. The quantitative estimate of drug-likeness (QED) is 0.223. The number of aryl methyl sites for hydroxylation is 1. The molecule has 6 aliphatic rings. The molecule has 0 radical (unpaired) electrons. The number of alkyl halides is 1. The van der Waals surface area contributed by atoms with Gasteiger partial charge in [-0.1, -0.05) is 0 Å². The lowest BCUT2D eigenvalue weighted by Gasteiger charge is -2.37. The molecule has 3 aromatic heterocycles. The minimum Gasteiger partial charge on any atom is -0.461 e. The molecule has 0 spiro atoms. The number of ether oxygens (including phenoxy) is 1. The number of benzene rings is 1. The summed E-state index contributed by atoms with van der Waals surface area (Å²) in [7, 11) is 0. The Balaban J connectivity index is 1.20. The summed E-state index contributed by atoms with van der Waals surface area (Å²) < 4.78 is 52.4. The number of hydrogen-bond acceptors (Lipinski definition) is 9. The SMILES string of the molecule is Cc1nc2c(N3C4CCC3CNC4)nc(OC[C@@]34CCCN3C[C@H](F)C4)nc2c(C2CC2)c1-c1cc(F)c(F)c2sc(N)c(C3CC3)c12. The van der Waals surface area contributed by atoms with Crippen LogP contribution < -0.4 is 20.7 Å². The topological polar surface area (TPSA) is 92.4 Å². The number of pyridine rings is 1. The molecular weight excluding hydrogens is 636 g/mol. The van der Waals surface area contributed by atoms with E-state index in [1.165, 1.54) is 6.07 Å². The van der Waals surface area contributed by atoms with Crippen molar-refractivity contribution in [3.05, 3.63) is 34.5 Å². The fourth-order valence-corrected chi connectivity index (χ4v) is 10.7. The van der Waals surface area contributed by atoms with Crippen LogP contribution >= 0.6 is 11.3 Å². The highest BCUT2D eigenvalue weighted by atomic mass is 32.1. The van der Waals surface area contributed by atoms with Crippen molar-refractivity contribution in [3.63, 3.8) is 0 Å². The van der Waals surface area contributed by atoms with Gasteiger partial charge in [-0.05, 0) is 99.4 Å². The van der Waals surface area contributed by atoms with Crippen LogP contribution in [-0.2, 0) is 0 Å². The summed E-state index contributed by atoms with van der Waals surface area (Å²) >= 11 is 1.15. The second kappa shape index (κ2) is 10.6. The Kier molecular flexibility index (Phi) is 6.58. The smallest absolute Gasteiger partial charge is 0.319 e. The molecule has 4 aromatic rings. The van der Waals surface area contributed by atoms with E-state index in [0.717, 1.165) is 127 Å². The van der Waals surface area contributed by atoms with Crippen molar-refractivity contribution in [2.24, 2.45) is 0 Å². The van der Waals surface area contributed by atoms with E-state index in [4.69, 9.17) is 25.4 Å². The van der Waals surface area contributed by atoms with Gasteiger partial charge in [0.1, 0.15) is 23.8 Å². The lowest BCUT2D eigenvalue weighted by molar-refractivity contribution is 0.107. The predicted molar refractivity (Wildman–Crippen MR) is 182 cm³/mol. The van der Waals surface area contributed by atoms with Gasteiger partial charge in [-0.25, -0.2) is 18.2 Å². The number of halogens is 3. The molecule has 1 aromatic carbocycles. The van der Waals surface area contributed by atoms with Crippen LogP contribution in [0, 0.1) is 18.6 Å². The van der Waals surface area contributed by atoms with Gasteiger partial charge < -0.3 is 20.7 Å². The van der Waals surface area contributed by atoms with Gasteiger partial charge in [-0.15, -0.1) is 11.3 Å². The van der Waals surface area contributed by atoms with Gasteiger partial charge in [0.2, 0.25) is 0 Å². The van der Waals surface area contributed by atoms with Gasteiger partial charge in [0.25, 0.3) is 0 Å². The molecule has 6 fully saturated rings. The summed E-state index contributed by atoms with van der Waals surface area (Å²) in [4.78, 5) is 20.2. The first-order chi connectivity index (χ1) is 23.3. The summed E-state index contributed by atoms with van der Waals surface area (Å²) in [6, 6.07) is 2.21. The summed E-state index contributed by atoms with van der Waals surface area (Å²) in [5.41, 5.74) is 11.8. The average molecular weight is 676 g/mol. The second-order valence-corrected chi connectivity index (χ2v) is 16.2. The largest absolute Gasteiger partial charge is 0.461 e. The van der Waals surface area contributed by atoms with Crippen molar-refractivity contribution in [3.8, 4) is 17.1 Å². The summed E-state index contributed by atoms with van der Waals surface area (Å²) in [6.45, 7) is 5.39. The number of nitrogen functional groups attached to an aromatic ring is 1. The Hall–Kier alpha value is -3.22. The molecule has 10 rings (SSSR count). The van der Waals surface area contributed by atoms with Crippen molar-refractivity contribution < 1.29 is 17.9 Å². The zero-order valence-corrected chi connectivity index (χ0v) is 27.9. The summed E-state index contributed by atoms with van der Waals surface area (Å²) in [5.74, 6) is -0.477. The Labute approximate surface area is 281 Å². The first kappa shape index (κ1) is 29.7. The van der Waals surface area contributed by atoms with Gasteiger partial charge in [-0.2, -0.15) is 9.97 Å². The number of aromatic nitrogens is 3. The van der Waals surface area contributed by atoms with Gasteiger partial charge >= 0.3 is 6.01 Å². The molecule has 48 heavy (non-hydrogen) atoms. The molecule has 7 heterocycles. The van der Waals surface area contributed by atoms with Crippen molar-refractivity contribution in [1.82, 2.24) is 25.2 Å². The minimum absolute atomic E-state index is 0.203. The van der Waals surface area contributed by atoms with E-state index < -0.39 is 17.8 Å². The lowest BCUT2D eigenvalue weighted by Crippen LogP contribution is -2.52. The molecule has 4 atom stereocenters. The molecule has 3 N–H and O–H groups in total. The van der Waals surface area contributed by atoms with Crippen LogP contribution in [0.25, 0.3) is 32.2 Å². The standard InChI is InChI=1S/C36H40F3N7OS/c1-17-25(23-11-24(38)29(39)32-28(23)27(19-5-6-19)33(40)48-32)26(18-3-4-18)30-31(42-17)34(46-21-7-8-22(46)14-41-13-21)44-35(43-30)47-16-36-9-2-10-45(36)15-20(37)12-36/h11,18-22,41H,2-10,12-16,40H2,1H3/t20-,21?,22?,36+/m1/s1. The molecule has 4 saturated heterocycles. The van der Waals surface area contributed by atoms with E-state index >= 15 is 8.78 Å². The third kappa shape index (κ3) is 4.43. The number of nitrogens with one attached hydrogen (secondary N) is 1. The van der Waals surface area contributed by atoms with Crippen LogP contribution in [-0.4, -0.2) is 76.4 Å². The van der Waals surface area contributed by atoms with Crippen molar-refractivity contribution >= 4 is 43.3 Å². The third-order valence-corrected chi connectivity index (χ3v) is 13.1. The predicted octanol–water partition coefficient (Wildman–Crippen LogP) is 6.73. The van der Waals surface area contributed by atoms with Crippen LogP contribution in [0.1, 0.15) is 86.4 Å². The third-order valence-electron chi connectivity index (χ3n) is 12.0.